The average Bonchev–Trinajstić information content (AvgIpc) is 2.51. The molecule has 0 aliphatic carbocycles. The summed E-state index contributed by atoms with van der Waals surface area (Å²) >= 11 is 0. The van der Waals surface area contributed by atoms with Crippen LogP contribution in [0.4, 0.5) is 5.69 Å². The first-order valence-electron chi connectivity index (χ1n) is 6.94. The first-order valence-corrected chi connectivity index (χ1v) is 6.94. The van der Waals surface area contributed by atoms with Crippen molar-refractivity contribution >= 4 is 17.5 Å². The van der Waals surface area contributed by atoms with Crippen molar-refractivity contribution in [2.45, 2.75) is 45.7 Å². The molecule has 1 aromatic carbocycles. The summed E-state index contributed by atoms with van der Waals surface area (Å²) < 4.78 is 0. The average molecular weight is 273 g/mol. The zero-order valence-corrected chi connectivity index (χ0v) is 12.0. The van der Waals surface area contributed by atoms with E-state index in [1.807, 2.05) is 26.8 Å². The summed E-state index contributed by atoms with van der Waals surface area (Å²) in [6.45, 7) is 5.93. The number of rotatable bonds is 0. The molecule has 2 aliphatic rings. The molecule has 5 heteroatoms. The fourth-order valence-electron chi connectivity index (χ4n) is 3.09. The number of nitrogens with one attached hydrogen (secondary N) is 2. The van der Waals surface area contributed by atoms with Gasteiger partial charge >= 0.3 is 0 Å². The van der Waals surface area contributed by atoms with E-state index in [4.69, 9.17) is 0 Å². The lowest BCUT2D eigenvalue weighted by molar-refractivity contribution is -0.125. The van der Waals surface area contributed by atoms with Crippen molar-refractivity contribution in [2.24, 2.45) is 0 Å². The van der Waals surface area contributed by atoms with Gasteiger partial charge in [-0.2, -0.15) is 0 Å². The molecule has 1 saturated heterocycles. The molecule has 0 spiro atoms. The number of hydrogen-bond donors (Lipinski definition) is 2. The van der Waals surface area contributed by atoms with Crippen LogP contribution in [0, 0.1) is 13.8 Å². The number of benzene rings is 1. The predicted molar refractivity (Wildman–Crippen MR) is 76.1 cm³/mol. The van der Waals surface area contributed by atoms with Gasteiger partial charge < -0.3 is 5.32 Å². The van der Waals surface area contributed by atoms with Gasteiger partial charge in [-0.05, 0) is 50.8 Å². The summed E-state index contributed by atoms with van der Waals surface area (Å²) in [4.78, 5) is 24.5. The minimum absolute atomic E-state index is 0.100. The lowest BCUT2D eigenvalue weighted by Crippen LogP contribution is -2.63. The summed E-state index contributed by atoms with van der Waals surface area (Å²) in [5.74, 6) is -0.236. The Balaban J connectivity index is 2.13. The molecule has 1 unspecified atom stereocenters. The molecule has 2 N–H and O–H groups in total. The Morgan fingerprint density at radius 1 is 1.25 bits per heavy atom. The van der Waals surface area contributed by atoms with Crippen LogP contribution in [0.25, 0.3) is 0 Å². The molecule has 2 amide bonds. The van der Waals surface area contributed by atoms with Crippen LogP contribution in [0.3, 0.4) is 0 Å². The van der Waals surface area contributed by atoms with Crippen molar-refractivity contribution in [1.82, 2.24) is 10.4 Å². The molecule has 1 aromatic rings. The van der Waals surface area contributed by atoms with E-state index in [1.165, 1.54) is 5.01 Å². The summed E-state index contributed by atoms with van der Waals surface area (Å²) in [5, 5.41) is 4.91. The summed E-state index contributed by atoms with van der Waals surface area (Å²) in [6.07, 6.45) is 1.96. The molecule has 106 valence electrons. The largest absolute Gasteiger partial charge is 0.361 e. The van der Waals surface area contributed by atoms with Gasteiger partial charge in [0.1, 0.15) is 5.66 Å². The van der Waals surface area contributed by atoms with Gasteiger partial charge in [0, 0.05) is 6.42 Å². The minimum Gasteiger partial charge on any atom is -0.361 e. The standard InChI is InChI=1S/C15H19N3O2/c1-9-7-10(2)13-11(8-9)14(20)18-15(3,16-13)6-4-5-12(19)17-18/h7-8,16H,4-6H2,1-3H3,(H,17,19). The van der Waals surface area contributed by atoms with Crippen LogP contribution >= 0.6 is 0 Å². The van der Waals surface area contributed by atoms with Gasteiger partial charge in [-0.1, -0.05) is 6.07 Å². The van der Waals surface area contributed by atoms with E-state index in [2.05, 4.69) is 16.8 Å². The Morgan fingerprint density at radius 3 is 2.75 bits per heavy atom. The summed E-state index contributed by atoms with van der Waals surface area (Å²) in [7, 11) is 0. The number of anilines is 1. The van der Waals surface area contributed by atoms with Gasteiger partial charge in [-0.3, -0.25) is 15.0 Å². The third-order valence-corrected chi connectivity index (χ3v) is 4.11. The molecule has 20 heavy (non-hydrogen) atoms. The van der Waals surface area contributed by atoms with Crippen molar-refractivity contribution in [1.29, 1.82) is 0 Å². The number of amides is 2. The molecular formula is C15H19N3O2. The highest BCUT2D eigenvalue weighted by Crippen LogP contribution is 2.36. The van der Waals surface area contributed by atoms with Crippen LogP contribution < -0.4 is 10.7 Å². The molecule has 0 radical (unpaired) electrons. The topological polar surface area (TPSA) is 61.4 Å². The van der Waals surface area contributed by atoms with Gasteiger partial charge in [0.15, 0.2) is 0 Å². The predicted octanol–water partition coefficient (Wildman–Crippen LogP) is 2.10. The molecule has 1 fully saturated rings. The highest BCUT2D eigenvalue weighted by molar-refractivity contribution is 6.03. The van der Waals surface area contributed by atoms with Crippen LogP contribution in [0.1, 0.15) is 47.7 Å². The minimum atomic E-state index is -0.559. The maximum atomic E-state index is 12.7. The van der Waals surface area contributed by atoms with Crippen LogP contribution in [0.5, 0.6) is 0 Å². The fourth-order valence-corrected chi connectivity index (χ4v) is 3.09. The highest BCUT2D eigenvalue weighted by Gasteiger charge is 2.44. The molecule has 5 nitrogen and oxygen atoms in total. The lowest BCUT2D eigenvalue weighted by Gasteiger charge is -2.45. The van der Waals surface area contributed by atoms with Gasteiger partial charge in [0.25, 0.3) is 5.91 Å². The maximum absolute atomic E-state index is 12.7. The lowest BCUT2D eigenvalue weighted by atomic mass is 9.95. The van der Waals surface area contributed by atoms with E-state index in [0.29, 0.717) is 12.0 Å². The summed E-state index contributed by atoms with van der Waals surface area (Å²) in [6, 6.07) is 3.93. The first-order chi connectivity index (χ1) is 9.40. The Kier molecular flexibility index (Phi) is 2.74. The van der Waals surface area contributed by atoms with E-state index in [9.17, 15) is 9.59 Å². The number of hydrogen-bond acceptors (Lipinski definition) is 3. The van der Waals surface area contributed by atoms with Crippen molar-refractivity contribution in [3.05, 3.63) is 28.8 Å². The third-order valence-electron chi connectivity index (χ3n) is 4.11. The molecular weight excluding hydrogens is 254 g/mol. The number of fused-ring (bicyclic) bond motifs is 2. The number of carbonyl (C=O) groups is 2. The molecule has 3 rings (SSSR count). The van der Waals surface area contributed by atoms with Crippen LogP contribution in [-0.4, -0.2) is 22.5 Å². The van der Waals surface area contributed by atoms with Gasteiger partial charge in [0.05, 0.1) is 11.3 Å². The van der Waals surface area contributed by atoms with Crippen molar-refractivity contribution in [3.8, 4) is 0 Å². The van der Waals surface area contributed by atoms with Crippen LogP contribution in [0.2, 0.25) is 0 Å². The van der Waals surface area contributed by atoms with Crippen LogP contribution in [0.15, 0.2) is 12.1 Å². The van der Waals surface area contributed by atoms with E-state index < -0.39 is 5.66 Å². The second kappa shape index (κ2) is 4.23. The molecule has 0 aromatic heterocycles. The first kappa shape index (κ1) is 13.0. The zero-order chi connectivity index (χ0) is 14.5. The number of nitrogens with zero attached hydrogens (tertiary/aromatic N) is 1. The molecule has 2 aliphatic heterocycles. The number of aryl methyl sites for hydroxylation is 2. The van der Waals surface area contributed by atoms with Crippen LogP contribution in [-0.2, 0) is 4.79 Å². The number of carbonyl (C=O) groups excluding carboxylic acids is 2. The van der Waals surface area contributed by atoms with Crippen molar-refractivity contribution < 1.29 is 9.59 Å². The zero-order valence-electron chi connectivity index (χ0n) is 12.0. The quantitative estimate of drug-likeness (QED) is 0.761. The van der Waals surface area contributed by atoms with E-state index in [0.717, 1.165) is 29.7 Å². The smallest absolute Gasteiger partial charge is 0.276 e. The molecule has 0 bridgehead atoms. The Labute approximate surface area is 118 Å². The number of hydrazine groups is 1. The second-order valence-corrected chi connectivity index (χ2v) is 5.93. The molecule has 2 heterocycles. The Bertz CT molecular complexity index is 611. The highest BCUT2D eigenvalue weighted by atomic mass is 16.2. The monoisotopic (exact) mass is 273 g/mol. The SMILES string of the molecule is Cc1cc(C)c2c(c1)C(=O)N1NC(=O)CCCC1(C)N2. The van der Waals surface area contributed by atoms with Crippen molar-refractivity contribution in [3.63, 3.8) is 0 Å². The Morgan fingerprint density at radius 2 is 2.00 bits per heavy atom. The Hall–Kier alpha value is -2.04. The second-order valence-electron chi connectivity index (χ2n) is 5.93. The normalized spacial score (nSPS) is 25.2. The third kappa shape index (κ3) is 1.85. The van der Waals surface area contributed by atoms with E-state index in [-0.39, 0.29) is 11.8 Å². The fraction of sp³-hybridized carbons (Fsp3) is 0.467. The van der Waals surface area contributed by atoms with Gasteiger partial charge in [-0.15, -0.1) is 0 Å². The van der Waals surface area contributed by atoms with Gasteiger partial charge in [-0.25, -0.2) is 5.01 Å². The molecule has 0 saturated carbocycles. The summed E-state index contributed by atoms with van der Waals surface area (Å²) in [5.41, 5.74) is 5.79. The molecule has 1 atom stereocenters. The van der Waals surface area contributed by atoms with E-state index in [1.54, 1.807) is 0 Å². The van der Waals surface area contributed by atoms with Gasteiger partial charge in [0.2, 0.25) is 5.91 Å². The van der Waals surface area contributed by atoms with E-state index >= 15 is 0 Å². The van der Waals surface area contributed by atoms with Crippen molar-refractivity contribution in [2.75, 3.05) is 5.32 Å². The maximum Gasteiger partial charge on any atom is 0.276 e.